The van der Waals surface area contributed by atoms with Gasteiger partial charge in [0.15, 0.2) is 0 Å². The summed E-state index contributed by atoms with van der Waals surface area (Å²) in [5.41, 5.74) is 2.99. The van der Waals surface area contributed by atoms with E-state index in [-0.39, 0.29) is 0 Å². The predicted molar refractivity (Wildman–Crippen MR) is 78.6 cm³/mol. The van der Waals surface area contributed by atoms with E-state index in [9.17, 15) is 0 Å². The van der Waals surface area contributed by atoms with Crippen LogP contribution in [0.5, 0.6) is 5.88 Å². The minimum atomic E-state index is 0.615. The van der Waals surface area contributed by atoms with E-state index in [1.807, 2.05) is 24.5 Å². The molecule has 1 N–H and O–H groups in total. The van der Waals surface area contributed by atoms with Crippen molar-refractivity contribution in [1.29, 1.82) is 0 Å². The van der Waals surface area contributed by atoms with Gasteiger partial charge in [-0.3, -0.25) is 0 Å². The maximum atomic E-state index is 5.05. The Labute approximate surface area is 118 Å². The van der Waals surface area contributed by atoms with E-state index in [0.29, 0.717) is 5.88 Å². The molecule has 0 fully saturated rings. The molecule has 3 heterocycles. The molecule has 0 aromatic carbocycles. The normalized spacial score (nSPS) is 10.8. The zero-order valence-corrected chi connectivity index (χ0v) is 11.8. The molecular formula is C13H10IN3O. The molecule has 0 spiro atoms. The molecule has 0 saturated carbocycles. The predicted octanol–water partition coefficient (Wildman–Crippen LogP) is 3.24. The van der Waals surface area contributed by atoms with Crippen LogP contribution in [0.2, 0.25) is 0 Å². The summed E-state index contributed by atoms with van der Waals surface area (Å²) in [6, 6.07) is 5.94. The van der Waals surface area contributed by atoms with Gasteiger partial charge in [0, 0.05) is 44.7 Å². The molecule has 3 aromatic rings. The number of nitrogens with one attached hydrogen (secondary N) is 1. The number of aromatic nitrogens is 3. The van der Waals surface area contributed by atoms with Crippen molar-refractivity contribution in [3.8, 4) is 17.0 Å². The Balaban J connectivity index is 2.09. The lowest BCUT2D eigenvalue weighted by molar-refractivity contribution is 0.398. The summed E-state index contributed by atoms with van der Waals surface area (Å²) >= 11 is 2.29. The number of pyridine rings is 2. The van der Waals surface area contributed by atoms with Gasteiger partial charge < -0.3 is 9.72 Å². The number of H-pyrrole nitrogens is 1. The monoisotopic (exact) mass is 351 g/mol. The van der Waals surface area contributed by atoms with E-state index in [1.54, 1.807) is 13.3 Å². The number of ether oxygens (including phenoxy) is 1. The number of halogens is 1. The number of fused-ring (bicyclic) bond motifs is 1. The lowest BCUT2D eigenvalue weighted by Crippen LogP contribution is -1.88. The molecule has 5 heteroatoms. The Morgan fingerprint density at radius 3 is 2.72 bits per heavy atom. The third-order valence-corrected chi connectivity index (χ3v) is 3.65. The first-order valence-corrected chi connectivity index (χ1v) is 6.49. The minimum Gasteiger partial charge on any atom is -0.481 e. The summed E-state index contributed by atoms with van der Waals surface area (Å²) in [7, 11) is 1.61. The number of rotatable bonds is 2. The van der Waals surface area contributed by atoms with Crippen LogP contribution in [-0.2, 0) is 0 Å². The van der Waals surface area contributed by atoms with Crippen LogP contribution in [0.15, 0.2) is 36.8 Å². The van der Waals surface area contributed by atoms with Crippen molar-refractivity contribution in [2.75, 3.05) is 7.11 Å². The lowest BCUT2D eigenvalue weighted by Gasteiger charge is -2.03. The number of methoxy groups -OCH3 is 1. The first-order chi connectivity index (χ1) is 8.78. The highest BCUT2D eigenvalue weighted by atomic mass is 127. The standard InChI is InChI=1S/C13H10IN3O/c1-18-12-3-2-8(5-15-12)9-4-10-11(14)7-17-13(10)16-6-9/h2-7H,1H3,(H,16,17). The average Bonchev–Trinajstić information content (AvgIpc) is 2.80. The van der Waals surface area contributed by atoms with E-state index >= 15 is 0 Å². The zero-order chi connectivity index (χ0) is 12.5. The second kappa shape index (κ2) is 4.56. The molecule has 90 valence electrons. The van der Waals surface area contributed by atoms with Gasteiger partial charge in [-0.15, -0.1) is 0 Å². The third kappa shape index (κ3) is 1.94. The van der Waals surface area contributed by atoms with Crippen molar-refractivity contribution in [2.24, 2.45) is 0 Å². The zero-order valence-electron chi connectivity index (χ0n) is 9.64. The van der Waals surface area contributed by atoms with Crippen LogP contribution < -0.4 is 4.74 Å². The van der Waals surface area contributed by atoms with Gasteiger partial charge in [0.2, 0.25) is 5.88 Å². The maximum Gasteiger partial charge on any atom is 0.212 e. The highest BCUT2D eigenvalue weighted by molar-refractivity contribution is 14.1. The van der Waals surface area contributed by atoms with E-state index < -0.39 is 0 Å². The molecule has 0 aliphatic carbocycles. The van der Waals surface area contributed by atoms with Gasteiger partial charge in [-0.2, -0.15) is 0 Å². The number of hydrogen-bond acceptors (Lipinski definition) is 3. The quantitative estimate of drug-likeness (QED) is 0.722. The SMILES string of the molecule is COc1ccc(-c2cnc3[nH]cc(I)c3c2)cn1. The van der Waals surface area contributed by atoms with E-state index in [0.717, 1.165) is 22.2 Å². The highest BCUT2D eigenvalue weighted by Crippen LogP contribution is 2.25. The van der Waals surface area contributed by atoms with Gasteiger partial charge >= 0.3 is 0 Å². The van der Waals surface area contributed by atoms with Crippen LogP contribution in [0.1, 0.15) is 0 Å². The first kappa shape index (κ1) is 11.5. The molecule has 3 aromatic heterocycles. The summed E-state index contributed by atoms with van der Waals surface area (Å²) in [5, 5.41) is 1.13. The summed E-state index contributed by atoms with van der Waals surface area (Å²) in [4.78, 5) is 11.7. The Morgan fingerprint density at radius 1 is 1.17 bits per heavy atom. The fourth-order valence-electron chi connectivity index (χ4n) is 1.80. The second-order valence-electron chi connectivity index (χ2n) is 3.85. The van der Waals surface area contributed by atoms with E-state index in [4.69, 9.17) is 4.74 Å². The molecule has 0 unspecified atom stereocenters. The third-order valence-electron chi connectivity index (χ3n) is 2.76. The summed E-state index contributed by atoms with van der Waals surface area (Å²) in [6.45, 7) is 0. The molecule has 0 radical (unpaired) electrons. The summed E-state index contributed by atoms with van der Waals surface area (Å²) < 4.78 is 6.21. The van der Waals surface area contributed by atoms with Crippen molar-refractivity contribution < 1.29 is 4.74 Å². The van der Waals surface area contributed by atoms with Crippen molar-refractivity contribution in [3.05, 3.63) is 40.4 Å². The average molecular weight is 351 g/mol. The Kier molecular flexibility index (Phi) is 2.91. The Morgan fingerprint density at radius 2 is 2.00 bits per heavy atom. The van der Waals surface area contributed by atoms with Crippen LogP contribution in [-0.4, -0.2) is 22.1 Å². The number of hydrogen-bond donors (Lipinski definition) is 1. The van der Waals surface area contributed by atoms with Crippen LogP contribution in [0, 0.1) is 3.57 Å². The van der Waals surface area contributed by atoms with Crippen molar-refractivity contribution in [3.63, 3.8) is 0 Å². The van der Waals surface area contributed by atoms with Gasteiger partial charge in [-0.1, -0.05) is 0 Å². The fraction of sp³-hybridized carbons (Fsp3) is 0.0769. The molecule has 4 nitrogen and oxygen atoms in total. The largest absolute Gasteiger partial charge is 0.481 e. The molecule has 3 rings (SSSR count). The number of aromatic amines is 1. The molecular weight excluding hydrogens is 341 g/mol. The smallest absolute Gasteiger partial charge is 0.212 e. The number of nitrogens with zero attached hydrogens (tertiary/aromatic N) is 2. The van der Waals surface area contributed by atoms with Crippen LogP contribution in [0.4, 0.5) is 0 Å². The maximum absolute atomic E-state index is 5.05. The first-order valence-electron chi connectivity index (χ1n) is 5.41. The molecule has 0 aliphatic heterocycles. The van der Waals surface area contributed by atoms with Gasteiger partial charge in [-0.05, 0) is 34.7 Å². The molecule has 0 amide bonds. The van der Waals surface area contributed by atoms with E-state index in [2.05, 4.69) is 43.6 Å². The molecule has 0 atom stereocenters. The minimum absolute atomic E-state index is 0.615. The van der Waals surface area contributed by atoms with Gasteiger partial charge in [-0.25, -0.2) is 9.97 Å². The van der Waals surface area contributed by atoms with Crippen molar-refractivity contribution in [2.45, 2.75) is 0 Å². The summed E-state index contributed by atoms with van der Waals surface area (Å²) in [5.74, 6) is 0.615. The molecule has 18 heavy (non-hydrogen) atoms. The summed E-state index contributed by atoms with van der Waals surface area (Å²) in [6.07, 6.45) is 5.59. The lowest BCUT2D eigenvalue weighted by atomic mass is 10.1. The second-order valence-corrected chi connectivity index (χ2v) is 5.01. The van der Waals surface area contributed by atoms with Gasteiger partial charge in [0.05, 0.1) is 7.11 Å². The topological polar surface area (TPSA) is 50.8 Å². The van der Waals surface area contributed by atoms with Gasteiger partial charge in [0.1, 0.15) is 5.65 Å². The fourth-order valence-corrected chi connectivity index (χ4v) is 2.37. The van der Waals surface area contributed by atoms with Crippen LogP contribution in [0.3, 0.4) is 0 Å². The van der Waals surface area contributed by atoms with Crippen molar-refractivity contribution in [1.82, 2.24) is 15.0 Å². The molecule has 0 aliphatic rings. The Bertz CT molecular complexity index is 691. The Hall–Kier alpha value is -1.63. The molecule has 0 saturated heterocycles. The van der Waals surface area contributed by atoms with Crippen LogP contribution in [0.25, 0.3) is 22.2 Å². The van der Waals surface area contributed by atoms with Gasteiger partial charge in [0.25, 0.3) is 0 Å². The van der Waals surface area contributed by atoms with E-state index in [1.165, 1.54) is 3.57 Å². The van der Waals surface area contributed by atoms with Crippen molar-refractivity contribution >= 4 is 33.6 Å². The molecule has 0 bridgehead atoms. The van der Waals surface area contributed by atoms with Crippen LogP contribution >= 0.6 is 22.6 Å². The highest BCUT2D eigenvalue weighted by Gasteiger charge is 2.05.